The Morgan fingerprint density at radius 1 is 1.20 bits per heavy atom. The van der Waals surface area contributed by atoms with Gasteiger partial charge in [-0.1, -0.05) is 11.8 Å². The maximum Gasteiger partial charge on any atom is 0.175 e. The molecule has 0 aliphatic carbocycles. The quantitative estimate of drug-likeness (QED) is 0.310. The Hall–Kier alpha value is -2.26. The van der Waals surface area contributed by atoms with Gasteiger partial charge in [-0.25, -0.2) is 15.0 Å². The normalized spacial score (nSPS) is 26.7. The predicted molar refractivity (Wildman–Crippen MR) is 152 cm³/mol. The van der Waals surface area contributed by atoms with Crippen molar-refractivity contribution in [2.75, 3.05) is 70.0 Å². The molecule has 12 nitrogen and oxygen atoms in total. The number of aliphatic hydroxyl groups excluding tert-OH is 1. The predicted octanol–water partition coefficient (Wildman–Crippen LogP) is 2.03. The third-order valence-corrected chi connectivity index (χ3v) is 9.78. The fraction of sp³-hybridized carbons (Fsp3) is 0.679. The number of rotatable bonds is 10. The highest BCUT2D eigenvalue weighted by molar-refractivity contribution is 7.99. The number of nitrogens with two attached hydrogens (primary N) is 1. The van der Waals surface area contributed by atoms with E-state index in [2.05, 4.69) is 21.7 Å². The minimum absolute atomic E-state index is 0.0266. The van der Waals surface area contributed by atoms with Gasteiger partial charge >= 0.3 is 0 Å². The van der Waals surface area contributed by atoms with Gasteiger partial charge in [-0.05, 0) is 32.3 Å². The molecule has 4 aliphatic rings. The van der Waals surface area contributed by atoms with Crippen LogP contribution in [0.2, 0.25) is 0 Å². The number of aromatic nitrogens is 3. The summed E-state index contributed by atoms with van der Waals surface area (Å²) in [6, 6.07) is 2.26. The fourth-order valence-electron chi connectivity index (χ4n) is 6.53. The van der Waals surface area contributed by atoms with Crippen molar-refractivity contribution in [1.82, 2.24) is 15.0 Å². The molecule has 6 rings (SSSR count). The number of hydrogen-bond donors (Lipinski definition) is 2. The zero-order valence-electron chi connectivity index (χ0n) is 23.7. The molecule has 0 radical (unpaired) electrons. The molecule has 0 amide bonds. The maximum absolute atomic E-state index is 10.2. The van der Waals surface area contributed by atoms with E-state index in [1.807, 2.05) is 12.3 Å². The lowest BCUT2D eigenvalue weighted by Gasteiger charge is -2.41. The molecule has 1 spiro atoms. The third kappa shape index (κ3) is 5.85. The molecule has 3 saturated heterocycles. The highest BCUT2D eigenvalue weighted by atomic mass is 32.2. The number of nitrogens with zero attached hydrogens (tertiary/aromatic N) is 5. The second-order valence-electron chi connectivity index (χ2n) is 11.4. The van der Waals surface area contributed by atoms with Gasteiger partial charge in [-0.3, -0.25) is 0 Å². The smallest absolute Gasteiger partial charge is 0.175 e. The Morgan fingerprint density at radius 2 is 2.05 bits per heavy atom. The summed E-state index contributed by atoms with van der Waals surface area (Å²) in [5, 5.41) is 10.9. The summed E-state index contributed by atoms with van der Waals surface area (Å²) in [5.74, 6) is 2.72. The minimum Gasteiger partial charge on any atom is -0.486 e. The molecule has 0 aromatic carbocycles. The van der Waals surface area contributed by atoms with Crippen molar-refractivity contribution in [3.8, 4) is 5.75 Å². The van der Waals surface area contributed by atoms with E-state index in [4.69, 9.17) is 39.4 Å². The molecule has 2 aromatic heterocycles. The average molecular weight is 589 g/mol. The number of aliphatic hydroxyl groups is 1. The van der Waals surface area contributed by atoms with E-state index >= 15 is 0 Å². The first-order valence-corrected chi connectivity index (χ1v) is 15.1. The van der Waals surface area contributed by atoms with Crippen LogP contribution in [-0.4, -0.2) is 98.4 Å². The summed E-state index contributed by atoms with van der Waals surface area (Å²) in [6.45, 7) is 6.72. The number of anilines is 2. The lowest BCUT2D eigenvalue weighted by Crippen LogP contribution is -2.51. The van der Waals surface area contributed by atoms with Crippen LogP contribution in [0.5, 0.6) is 5.75 Å². The molecule has 3 fully saturated rings. The standard InChI is InChI=1S/C28H40N6O6S/c1-18-25(29)28(15-40-18)4-7-33(8-5-28)26-21(12-35)32-23(10-31-26)41-22-3-6-30-27-24(22)39-14-20-9-19(11-34(20)27)13-37-17-38-16-36-2/h3,6,10,18-20,25,35H,4-5,7-9,11-17,29H2,1-2H3/t18-,19-,20-,25+/m0/s1. The summed E-state index contributed by atoms with van der Waals surface area (Å²) in [7, 11) is 1.59. The molecule has 4 aliphatic heterocycles. The van der Waals surface area contributed by atoms with Crippen LogP contribution in [0.15, 0.2) is 28.4 Å². The van der Waals surface area contributed by atoms with E-state index in [1.54, 1.807) is 13.3 Å². The Bertz CT molecular complexity index is 1200. The largest absolute Gasteiger partial charge is 0.486 e. The molecule has 4 atom stereocenters. The van der Waals surface area contributed by atoms with E-state index in [0.717, 1.165) is 61.2 Å². The monoisotopic (exact) mass is 588 g/mol. The minimum atomic E-state index is -0.182. The van der Waals surface area contributed by atoms with Crippen LogP contribution in [0.4, 0.5) is 11.6 Å². The van der Waals surface area contributed by atoms with Gasteiger partial charge in [0.2, 0.25) is 0 Å². The average Bonchev–Trinajstić information content (AvgIpc) is 3.54. The van der Waals surface area contributed by atoms with Gasteiger partial charge in [0.05, 0.1) is 43.1 Å². The summed E-state index contributed by atoms with van der Waals surface area (Å²) >= 11 is 1.48. The molecular weight excluding hydrogens is 548 g/mol. The second-order valence-corrected chi connectivity index (χ2v) is 12.5. The molecule has 41 heavy (non-hydrogen) atoms. The molecule has 0 bridgehead atoms. The topological polar surface area (TPSA) is 138 Å². The lowest BCUT2D eigenvalue weighted by molar-refractivity contribution is -0.124. The Balaban J connectivity index is 1.11. The first-order valence-electron chi connectivity index (χ1n) is 14.3. The van der Waals surface area contributed by atoms with Gasteiger partial charge in [0.1, 0.15) is 30.9 Å². The summed E-state index contributed by atoms with van der Waals surface area (Å²) in [6.07, 6.45) is 6.54. The molecule has 224 valence electrons. The van der Waals surface area contributed by atoms with Crippen molar-refractivity contribution >= 4 is 23.4 Å². The number of pyridine rings is 1. The lowest BCUT2D eigenvalue weighted by atomic mass is 9.73. The van der Waals surface area contributed by atoms with Crippen LogP contribution in [0, 0.1) is 11.3 Å². The van der Waals surface area contributed by atoms with Crippen molar-refractivity contribution < 1.29 is 28.8 Å². The van der Waals surface area contributed by atoms with E-state index in [1.165, 1.54) is 11.8 Å². The first kappa shape index (κ1) is 28.8. The third-order valence-electron chi connectivity index (χ3n) is 8.83. The van der Waals surface area contributed by atoms with Gasteiger partial charge in [0.15, 0.2) is 17.4 Å². The first-order chi connectivity index (χ1) is 20.0. The molecule has 0 unspecified atom stereocenters. The van der Waals surface area contributed by atoms with Crippen molar-refractivity contribution in [1.29, 1.82) is 0 Å². The second kappa shape index (κ2) is 12.5. The number of hydrogen-bond acceptors (Lipinski definition) is 13. The number of piperidine rings is 1. The van der Waals surface area contributed by atoms with Crippen molar-refractivity contribution in [3.63, 3.8) is 0 Å². The summed E-state index contributed by atoms with van der Waals surface area (Å²) in [4.78, 5) is 19.7. The van der Waals surface area contributed by atoms with Crippen LogP contribution in [-0.2, 0) is 25.6 Å². The number of fused-ring (bicyclic) bond motifs is 3. The Kier molecular flexibility index (Phi) is 8.82. The Labute approximate surface area is 244 Å². The summed E-state index contributed by atoms with van der Waals surface area (Å²) in [5.41, 5.74) is 7.10. The number of methoxy groups -OCH3 is 1. The van der Waals surface area contributed by atoms with Gasteiger partial charge in [-0.15, -0.1) is 0 Å². The van der Waals surface area contributed by atoms with Crippen LogP contribution < -0.4 is 20.3 Å². The summed E-state index contributed by atoms with van der Waals surface area (Å²) < 4.78 is 27.9. The molecular formula is C28H40N6O6S. The highest BCUT2D eigenvalue weighted by Gasteiger charge is 2.48. The van der Waals surface area contributed by atoms with Crippen LogP contribution in [0.3, 0.4) is 0 Å². The fourth-order valence-corrected chi connectivity index (χ4v) is 7.39. The van der Waals surface area contributed by atoms with Gasteiger partial charge < -0.3 is 44.3 Å². The van der Waals surface area contributed by atoms with Crippen LogP contribution >= 0.6 is 11.8 Å². The Morgan fingerprint density at radius 3 is 2.80 bits per heavy atom. The van der Waals surface area contributed by atoms with Crippen LogP contribution in [0.25, 0.3) is 0 Å². The van der Waals surface area contributed by atoms with Crippen LogP contribution in [0.1, 0.15) is 31.9 Å². The molecule has 3 N–H and O–H groups in total. The van der Waals surface area contributed by atoms with E-state index in [0.29, 0.717) is 36.5 Å². The van der Waals surface area contributed by atoms with Crippen molar-refractivity contribution in [3.05, 3.63) is 24.2 Å². The van der Waals surface area contributed by atoms with E-state index in [-0.39, 0.29) is 43.8 Å². The molecule has 2 aromatic rings. The number of ether oxygens (including phenoxy) is 5. The van der Waals surface area contributed by atoms with Crippen molar-refractivity contribution in [2.24, 2.45) is 17.1 Å². The SMILES string of the molecule is COCOCOC[C@H]1C[C@H]2COc3c(Sc4cnc(N5CCC6(CC5)CO[C@@H](C)[C@H]6N)c(CO)n4)ccnc3N2C1. The van der Waals surface area contributed by atoms with Crippen molar-refractivity contribution in [2.45, 2.75) is 60.9 Å². The van der Waals surface area contributed by atoms with Gasteiger partial charge in [-0.2, -0.15) is 0 Å². The van der Waals surface area contributed by atoms with Gasteiger partial charge in [0.25, 0.3) is 0 Å². The zero-order chi connectivity index (χ0) is 28.4. The molecule has 6 heterocycles. The maximum atomic E-state index is 10.2. The molecule has 0 saturated carbocycles. The van der Waals surface area contributed by atoms with E-state index in [9.17, 15) is 5.11 Å². The zero-order valence-corrected chi connectivity index (χ0v) is 24.6. The molecule has 13 heteroatoms. The van der Waals surface area contributed by atoms with Gasteiger partial charge in [0, 0.05) is 50.3 Å². The highest BCUT2D eigenvalue weighted by Crippen LogP contribution is 2.45. The van der Waals surface area contributed by atoms with E-state index < -0.39 is 0 Å².